The molecule has 1 heterocycles. The van der Waals surface area contributed by atoms with E-state index in [4.69, 9.17) is 0 Å². The highest BCUT2D eigenvalue weighted by molar-refractivity contribution is 7.09. The third kappa shape index (κ3) is 1.66. The number of aliphatic hydroxyl groups is 1. The van der Waals surface area contributed by atoms with E-state index in [0.717, 1.165) is 18.4 Å². The van der Waals surface area contributed by atoms with Crippen LogP contribution in [0, 0.1) is 5.92 Å². The van der Waals surface area contributed by atoms with Crippen LogP contribution in [0.25, 0.3) is 0 Å². The van der Waals surface area contributed by atoms with E-state index in [-0.39, 0.29) is 6.10 Å². The zero-order valence-electron chi connectivity index (χ0n) is 8.84. The lowest BCUT2D eigenvalue weighted by atomic mass is 9.99. The predicted molar refractivity (Wildman–Crippen MR) is 64.4 cm³/mol. The van der Waals surface area contributed by atoms with Crippen LogP contribution < -0.4 is 0 Å². The van der Waals surface area contributed by atoms with Crippen molar-refractivity contribution in [1.82, 2.24) is 4.98 Å². The monoisotopic (exact) mass is 231 g/mol. The first kappa shape index (κ1) is 10.00. The maximum Gasteiger partial charge on any atom is 0.0827 e. The minimum atomic E-state index is -0.307. The van der Waals surface area contributed by atoms with Crippen molar-refractivity contribution in [2.24, 2.45) is 5.92 Å². The van der Waals surface area contributed by atoms with Gasteiger partial charge < -0.3 is 5.11 Å². The van der Waals surface area contributed by atoms with Gasteiger partial charge in [-0.05, 0) is 29.9 Å². The Bertz CT molecular complexity index is 478. The van der Waals surface area contributed by atoms with Gasteiger partial charge in [0.25, 0.3) is 0 Å². The minimum absolute atomic E-state index is 0.307. The SMILES string of the molecule is OC1c2ccccc2CC1Cc1cncs1. The molecule has 82 valence electrons. The highest BCUT2D eigenvalue weighted by Gasteiger charge is 2.30. The molecule has 1 aliphatic carbocycles. The van der Waals surface area contributed by atoms with Crippen molar-refractivity contribution in [3.05, 3.63) is 52.0 Å². The van der Waals surface area contributed by atoms with E-state index in [9.17, 15) is 5.11 Å². The van der Waals surface area contributed by atoms with Gasteiger partial charge in [-0.2, -0.15) is 0 Å². The second kappa shape index (κ2) is 4.00. The van der Waals surface area contributed by atoms with E-state index in [1.165, 1.54) is 10.4 Å². The van der Waals surface area contributed by atoms with Crippen LogP contribution in [0.2, 0.25) is 0 Å². The summed E-state index contributed by atoms with van der Waals surface area (Å²) >= 11 is 1.67. The van der Waals surface area contributed by atoms with Crippen LogP contribution in [0.3, 0.4) is 0 Å². The summed E-state index contributed by atoms with van der Waals surface area (Å²) in [6.07, 6.45) is 3.51. The summed E-state index contributed by atoms with van der Waals surface area (Å²) in [6.45, 7) is 0. The summed E-state index contributed by atoms with van der Waals surface area (Å²) in [4.78, 5) is 5.34. The number of rotatable bonds is 2. The summed E-state index contributed by atoms with van der Waals surface area (Å²) < 4.78 is 0. The number of aromatic nitrogens is 1. The Morgan fingerprint density at radius 1 is 1.38 bits per heavy atom. The number of benzene rings is 1. The Morgan fingerprint density at radius 2 is 2.25 bits per heavy atom. The van der Waals surface area contributed by atoms with E-state index in [2.05, 4.69) is 11.1 Å². The number of fused-ring (bicyclic) bond motifs is 1. The second-order valence-corrected chi connectivity index (χ2v) is 5.25. The smallest absolute Gasteiger partial charge is 0.0827 e. The zero-order chi connectivity index (χ0) is 11.0. The largest absolute Gasteiger partial charge is 0.388 e. The molecule has 2 atom stereocenters. The van der Waals surface area contributed by atoms with Gasteiger partial charge in [-0.3, -0.25) is 4.98 Å². The fourth-order valence-corrected chi connectivity index (χ4v) is 3.13. The lowest BCUT2D eigenvalue weighted by Crippen LogP contribution is -2.09. The van der Waals surface area contributed by atoms with Gasteiger partial charge in [-0.1, -0.05) is 24.3 Å². The molecule has 1 N–H and O–H groups in total. The van der Waals surface area contributed by atoms with Crippen molar-refractivity contribution in [3.63, 3.8) is 0 Å². The van der Waals surface area contributed by atoms with Gasteiger partial charge in [0.15, 0.2) is 0 Å². The Kier molecular flexibility index (Phi) is 2.50. The molecule has 0 bridgehead atoms. The average molecular weight is 231 g/mol. The molecular formula is C13H13NOS. The Hall–Kier alpha value is -1.19. The van der Waals surface area contributed by atoms with E-state index in [1.54, 1.807) is 11.3 Å². The van der Waals surface area contributed by atoms with Crippen LogP contribution in [-0.4, -0.2) is 10.1 Å². The first-order chi connectivity index (χ1) is 7.84. The second-order valence-electron chi connectivity index (χ2n) is 4.28. The zero-order valence-corrected chi connectivity index (χ0v) is 9.65. The normalized spacial score (nSPS) is 23.3. The Morgan fingerprint density at radius 3 is 3.00 bits per heavy atom. The van der Waals surface area contributed by atoms with Gasteiger partial charge >= 0.3 is 0 Å². The van der Waals surface area contributed by atoms with Crippen molar-refractivity contribution >= 4 is 11.3 Å². The molecule has 0 spiro atoms. The van der Waals surface area contributed by atoms with E-state index in [1.807, 2.05) is 29.9 Å². The fourth-order valence-electron chi connectivity index (χ4n) is 2.44. The third-order valence-corrected chi connectivity index (χ3v) is 4.05. The van der Waals surface area contributed by atoms with Gasteiger partial charge in [0.05, 0.1) is 11.6 Å². The van der Waals surface area contributed by atoms with Gasteiger partial charge in [-0.25, -0.2) is 0 Å². The summed E-state index contributed by atoms with van der Waals surface area (Å²) in [5.74, 6) is 0.317. The minimum Gasteiger partial charge on any atom is -0.388 e. The molecule has 1 aromatic carbocycles. The van der Waals surface area contributed by atoms with Crippen molar-refractivity contribution in [2.45, 2.75) is 18.9 Å². The summed E-state index contributed by atoms with van der Waals surface area (Å²) in [5, 5.41) is 10.2. The maximum atomic E-state index is 10.2. The van der Waals surface area contributed by atoms with E-state index in [0.29, 0.717) is 5.92 Å². The van der Waals surface area contributed by atoms with Crippen molar-refractivity contribution in [3.8, 4) is 0 Å². The van der Waals surface area contributed by atoms with Crippen molar-refractivity contribution in [2.75, 3.05) is 0 Å². The van der Waals surface area contributed by atoms with Crippen molar-refractivity contribution < 1.29 is 5.11 Å². The maximum absolute atomic E-state index is 10.2. The fraction of sp³-hybridized carbons (Fsp3) is 0.308. The molecule has 2 unspecified atom stereocenters. The van der Waals surface area contributed by atoms with E-state index >= 15 is 0 Å². The molecule has 2 aromatic rings. The number of hydrogen-bond donors (Lipinski definition) is 1. The molecule has 2 nitrogen and oxygen atoms in total. The molecule has 0 aliphatic heterocycles. The standard InChI is InChI=1S/C13H13NOS/c15-13-10(6-11-7-14-8-16-11)5-9-3-1-2-4-12(9)13/h1-4,7-8,10,13,15H,5-6H2. The Balaban J connectivity index is 1.82. The van der Waals surface area contributed by atoms with Gasteiger partial charge in [0.2, 0.25) is 0 Å². The number of nitrogens with zero attached hydrogens (tertiary/aromatic N) is 1. The molecule has 0 saturated carbocycles. The quantitative estimate of drug-likeness (QED) is 0.861. The molecule has 0 saturated heterocycles. The topological polar surface area (TPSA) is 33.1 Å². The lowest BCUT2D eigenvalue weighted by molar-refractivity contribution is 0.123. The molecule has 3 rings (SSSR count). The number of thiazole rings is 1. The van der Waals surface area contributed by atoms with Crippen LogP contribution in [0.4, 0.5) is 0 Å². The molecule has 0 radical (unpaired) electrons. The number of aliphatic hydroxyl groups excluding tert-OH is 1. The summed E-state index contributed by atoms with van der Waals surface area (Å²) in [5.41, 5.74) is 4.26. The van der Waals surface area contributed by atoms with E-state index < -0.39 is 0 Å². The lowest BCUT2D eigenvalue weighted by Gasteiger charge is -2.13. The van der Waals surface area contributed by atoms with Crippen LogP contribution in [0.1, 0.15) is 22.1 Å². The predicted octanol–water partition coefficient (Wildman–Crippen LogP) is 2.59. The first-order valence-corrected chi connectivity index (χ1v) is 6.36. The van der Waals surface area contributed by atoms with Crippen LogP contribution in [-0.2, 0) is 12.8 Å². The van der Waals surface area contributed by atoms with Gasteiger partial charge in [0, 0.05) is 11.1 Å². The molecule has 16 heavy (non-hydrogen) atoms. The van der Waals surface area contributed by atoms with Crippen LogP contribution in [0.15, 0.2) is 36.0 Å². The summed E-state index contributed by atoms with van der Waals surface area (Å²) in [7, 11) is 0. The number of hydrogen-bond acceptors (Lipinski definition) is 3. The van der Waals surface area contributed by atoms with Crippen molar-refractivity contribution in [1.29, 1.82) is 0 Å². The third-order valence-electron chi connectivity index (χ3n) is 3.25. The van der Waals surface area contributed by atoms with Gasteiger partial charge in [-0.15, -0.1) is 11.3 Å². The molecule has 1 aromatic heterocycles. The molecule has 1 aliphatic rings. The summed E-state index contributed by atoms with van der Waals surface area (Å²) in [6, 6.07) is 8.19. The molecule has 0 amide bonds. The average Bonchev–Trinajstić information content (AvgIpc) is 2.90. The van der Waals surface area contributed by atoms with Crippen LogP contribution >= 0.6 is 11.3 Å². The highest BCUT2D eigenvalue weighted by Crippen LogP contribution is 2.37. The molecular weight excluding hydrogens is 218 g/mol. The molecule has 3 heteroatoms. The van der Waals surface area contributed by atoms with Gasteiger partial charge in [0.1, 0.15) is 0 Å². The van der Waals surface area contributed by atoms with Crippen LogP contribution in [0.5, 0.6) is 0 Å². The Labute approximate surface area is 98.6 Å². The molecule has 0 fully saturated rings. The highest BCUT2D eigenvalue weighted by atomic mass is 32.1. The first-order valence-electron chi connectivity index (χ1n) is 5.48.